The Kier molecular flexibility index (Phi) is 9.24. The van der Waals surface area contributed by atoms with Gasteiger partial charge in [0.1, 0.15) is 0 Å². The Balaban J connectivity index is 0.000000791. The van der Waals surface area contributed by atoms with E-state index in [9.17, 15) is 0 Å². The summed E-state index contributed by atoms with van der Waals surface area (Å²) in [6, 6.07) is 15.9. The van der Waals surface area contributed by atoms with E-state index < -0.39 is 6.47 Å². The summed E-state index contributed by atoms with van der Waals surface area (Å²) < 4.78 is 0. The summed E-state index contributed by atoms with van der Waals surface area (Å²) in [6.07, 6.45) is 2.27. The molecule has 1 atom stereocenters. The Bertz CT molecular complexity index is 731. The van der Waals surface area contributed by atoms with Crippen LogP contribution < -0.4 is 56.5 Å². The zero-order valence-electron chi connectivity index (χ0n) is 16.9. The molecule has 2 aromatic rings. The second-order valence-corrected chi connectivity index (χ2v) is 8.15. The molecule has 0 heterocycles. The van der Waals surface area contributed by atoms with Gasteiger partial charge in [-0.05, 0) is 28.7 Å². The van der Waals surface area contributed by atoms with Gasteiger partial charge < -0.3 is 15.8 Å². The smallest absolute Gasteiger partial charge is 0.554 e. The SMILES string of the molecule is C[C-](CC(C)(C)C)C(C)c1ccc2c(c1)Cc1ccccc1-2.O=C[O-].[K+]. The van der Waals surface area contributed by atoms with Crippen molar-refractivity contribution < 1.29 is 61.3 Å². The molecule has 0 amide bonds. The molecular formula is C23H28KO2-. The van der Waals surface area contributed by atoms with Gasteiger partial charge >= 0.3 is 51.4 Å². The van der Waals surface area contributed by atoms with Crippen LogP contribution in [0.5, 0.6) is 0 Å². The van der Waals surface area contributed by atoms with Gasteiger partial charge in [-0.2, -0.15) is 13.3 Å². The van der Waals surface area contributed by atoms with Crippen molar-refractivity contribution >= 4 is 6.47 Å². The second kappa shape index (κ2) is 10.2. The zero-order valence-corrected chi connectivity index (χ0v) is 20.0. The van der Waals surface area contributed by atoms with E-state index in [2.05, 4.69) is 77.1 Å². The third-order valence-corrected chi connectivity index (χ3v) is 4.87. The van der Waals surface area contributed by atoms with Crippen LogP contribution in [0.2, 0.25) is 0 Å². The molecule has 2 nitrogen and oxygen atoms in total. The van der Waals surface area contributed by atoms with Crippen molar-refractivity contribution in [1.29, 1.82) is 0 Å². The summed E-state index contributed by atoms with van der Waals surface area (Å²) >= 11 is 0. The molecule has 134 valence electrons. The molecule has 0 bridgehead atoms. The van der Waals surface area contributed by atoms with Crippen molar-refractivity contribution in [3.05, 3.63) is 65.1 Å². The maximum Gasteiger partial charge on any atom is 1.00 e. The third kappa shape index (κ3) is 6.03. The molecule has 1 unspecified atom stereocenters. The van der Waals surface area contributed by atoms with Crippen molar-refractivity contribution in [2.75, 3.05) is 0 Å². The first-order chi connectivity index (χ1) is 11.8. The second-order valence-electron chi connectivity index (χ2n) is 8.15. The number of hydrogen-bond acceptors (Lipinski definition) is 2. The van der Waals surface area contributed by atoms with Crippen molar-refractivity contribution in [3.63, 3.8) is 0 Å². The fourth-order valence-corrected chi connectivity index (χ4v) is 3.71. The maximum absolute atomic E-state index is 8.25. The summed E-state index contributed by atoms with van der Waals surface area (Å²) in [5.41, 5.74) is 7.65. The Morgan fingerprint density at radius 2 is 1.69 bits per heavy atom. The van der Waals surface area contributed by atoms with E-state index in [4.69, 9.17) is 9.90 Å². The van der Waals surface area contributed by atoms with Gasteiger partial charge in [-0.1, -0.05) is 81.1 Å². The Morgan fingerprint density at radius 3 is 2.31 bits per heavy atom. The summed E-state index contributed by atoms with van der Waals surface area (Å²) in [5.74, 6) is 2.12. The van der Waals surface area contributed by atoms with Crippen LogP contribution in [0.25, 0.3) is 11.1 Å². The predicted octanol–water partition coefficient (Wildman–Crippen LogP) is 1.76. The van der Waals surface area contributed by atoms with E-state index in [-0.39, 0.29) is 51.4 Å². The molecule has 1 aliphatic carbocycles. The molecule has 0 aliphatic heterocycles. The van der Waals surface area contributed by atoms with Gasteiger partial charge in [0.15, 0.2) is 0 Å². The zero-order chi connectivity index (χ0) is 18.6. The first-order valence-electron chi connectivity index (χ1n) is 8.86. The quantitative estimate of drug-likeness (QED) is 0.398. The average Bonchev–Trinajstić information content (AvgIpc) is 2.91. The van der Waals surface area contributed by atoms with Crippen LogP contribution in [-0.4, -0.2) is 6.47 Å². The number of hydrogen-bond donors (Lipinski definition) is 0. The first-order valence-corrected chi connectivity index (χ1v) is 8.86. The molecule has 0 N–H and O–H groups in total. The third-order valence-electron chi connectivity index (χ3n) is 4.87. The molecule has 3 heteroatoms. The van der Waals surface area contributed by atoms with Gasteiger partial charge in [-0.25, -0.2) is 0 Å². The minimum absolute atomic E-state index is 0. The molecule has 3 rings (SSSR count). The number of fused-ring (bicyclic) bond motifs is 3. The van der Waals surface area contributed by atoms with E-state index in [0.29, 0.717) is 11.3 Å². The van der Waals surface area contributed by atoms with Crippen molar-refractivity contribution in [2.45, 2.75) is 53.4 Å². The summed E-state index contributed by atoms with van der Waals surface area (Å²) in [4.78, 5) is 8.25. The molecule has 1 aliphatic rings. The molecule has 0 spiro atoms. The minimum atomic E-state index is -0.500. The largest absolute Gasteiger partial charge is 1.00 e. The van der Waals surface area contributed by atoms with Gasteiger partial charge in [0, 0.05) is 6.47 Å². The maximum atomic E-state index is 8.25. The number of carboxylic acid groups (broad SMARTS) is 1. The van der Waals surface area contributed by atoms with Crippen LogP contribution in [0.4, 0.5) is 0 Å². The average molecular weight is 376 g/mol. The molecular weight excluding hydrogens is 347 g/mol. The van der Waals surface area contributed by atoms with Crippen LogP contribution in [-0.2, 0) is 11.2 Å². The fraction of sp³-hybridized carbons (Fsp3) is 0.391. The molecule has 0 radical (unpaired) electrons. The number of rotatable bonds is 3. The standard InChI is InChI=1S/C22H27.CH2O2.K/c1-15(14-22(3,4)5)16(2)17-10-11-21-19(12-17)13-18-8-6-7-9-20(18)21;2-1-3;/h6-12,16H,13-14H2,1-5H3;1H,(H,2,3);/q-1;;+1/p-1. The molecule has 0 fully saturated rings. The normalized spacial score (nSPS) is 13.0. The fourth-order valence-electron chi connectivity index (χ4n) is 3.71. The van der Waals surface area contributed by atoms with Crippen molar-refractivity contribution in [1.82, 2.24) is 0 Å². The van der Waals surface area contributed by atoms with Crippen LogP contribution >= 0.6 is 0 Å². The number of benzene rings is 2. The van der Waals surface area contributed by atoms with Gasteiger partial charge in [0.25, 0.3) is 0 Å². The summed E-state index contributed by atoms with van der Waals surface area (Å²) in [6.45, 7) is 11.1. The summed E-state index contributed by atoms with van der Waals surface area (Å²) in [7, 11) is 0. The van der Waals surface area contributed by atoms with E-state index in [1.165, 1.54) is 34.2 Å². The Labute approximate surface area is 200 Å². The minimum Gasteiger partial charge on any atom is -0.554 e. The van der Waals surface area contributed by atoms with Crippen LogP contribution in [0.1, 0.15) is 63.6 Å². The Morgan fingerprint density at radius 1 is 1.12 bits per heavy atom. The summed E-state index contributed by atoms with van der Waals surface area (Å²) in [5, 5.41) is 8.25. The van der Waals surface area contributed by atoms with Crippen LogP contribution in [0, 0.1) is 11.3 Å². The first kappa shape index (κ1) is 23.6. The number of carbonyl (C=O) groups excluding carboxylic acids is 1. The van der Waals surface area contributed by atoms with E-state index in [1.807, 2.05) is 0 Å². The van der Waals surface area contributed by atoms with E-state index in [0.717, 1.165) is 6.42 Å². The monoisotopic (exact) mass is 375 g/mol. The molecule has 0 aromatic heterocycles. The molecule has 26 heavy (non-hydrogen) atoms. The molecule has 0 saturated carbocycles. The van der Waals surface area contributed by atoms with Gasteiger partial charge in [-0.15, -0.1) is 5.92 Å². The molecule has 0 saturated heterocycles. The Hall–Kier alpha value is -0.454. The van der Waals surface area contributed by atoms with Crippen molar-refractivity contribution in [2.24, 2.45) is 5.41 Å². The molecule has 2 aromatic carbocycles. The topological polar surface area (TPSA) is 40.1 Å². The number of carbonyl (C=O) groups is 1. The van der Waals surface area contributed by atoms with Gasteiger partial charge in [-0.3, -0.25) is 0 Å². The van der Waals surface area contributed by atoms with E-state index >= 15 is 0 Å². The predicted molar refractivity (Wildman–Crippen MR) is 102 cm³/mol. The van der Waals surface area contributed by atoms with Gasteiger partial charge in [0.2, 0.25) is 0 Å². The van der Waals surface area contributed by atoms with Crippen LogP contribution in [0.3, 0.4) is 0 Å². The van der Waals surface area contributed by atoms with Gasteiger partial charge in [0.05, 0.1) is 0 Å². The van der Waals surface area contributed by atoms with E-state index in [1.54, 1.807) is 5.92 Å². The van der Waals surface area contributed by atoms with Crippen molar-refractivity contribution in [3.8, 4) is 11.1 Å². The van der Waals surface area contributed by atoms with Crippen LogP contribution in [0.15, 0.2) is 42.5 Å².